The van der Waals surface area contributed by atoms with Gasteiger partial charge in [0.2, 0.25) is 0 Å². The number of carbonyl (C=O) groups is 2. The topological polar surface area (TPSA) is 96.9 Å². The third-order valence-corrected chi connectivity index (χ3v) is 3.70. The Morgan fingerprint density at radius 1 is 1.18 bits per heavy atom. The summed E-state index contributed by atoms with van der Waals surface area (Å²) in [7, 11) is 0. The number of aryl methyl sites for hydroxylation is 1. The molecule has 0 fully saturated rings. The van der Waals surface area contributed by atoms with Gasteiger partial charge in [0.05, 0.1) is 0 Å². The molecule has 0 aliphatic heterocycles. The van der Waals surface area contributed by atoms with Crippen molar-refractivity contribution < 1.29 is 14.8 Å². The fourth-order valence-electron chi connectivity index (χ4n) is 2.45. The predicted octanol–water partition coefficient (Wildman–Crippen LogP) is 1.52. The zero-order valence-corrected chi connectivity index (χ0v) is 12.7. The van der Waals surface area contributed by atoms with E-state index < -0.39 is 0 Å². The second kappa shape index (κ2) is 7.61. The van der Waals surface area contributed by atoms with Gasteiger partial charge in [-0.15, -0.1) is 5.48 Å². The molecule has 2 rings (SSSR count). The first kappa shape index (κ1) is 16.0. The van der Waals surface area contributed by atoms with E-state index in [1.807, 2.05) is 36.7 Å². The molecule has 22 heavy (non-hydrogen) atoms. The summed E-state index contributed by atoms with van der Waals surface area (Å²) in [6.45, 7) is 2.52. The minimum atomic E-state index is -0.266. The second-order valence-electron chi connectivity index (χ2n) is 5.29. The number of aromatic nitrogens is 1. The number of carbonyl (C=O) groups excluding carboxylic acids is 2. The molecule has 2 amide bonds. The van der Waals surface area contributed by atoms with Crippen LogP contribution in [0, 0.1) is 6.92 Å². The Morgan fingerprint density at radius 3 is 2.68 bits per heavy atom. The molecular weight excluding hydrogens is 282 g/mol. The van der Waals surface area contributed by atoms with E-state index in [2.05, 4.69) is 10.3 Å². The Balaban J connectivity index is 1.79. The van der Waals surface area contributed by atoms with Crippen LogP contribution >= 0.6 is 0 Å². The summed E-state index contributed by atoms with van der Waals surface area (Å²) >= 11 is 0. The Morgan fingerprint density at radius 2 is 1.95 bits per heavy atom. The lowest BCUT2D eigenvalue weighted by Crippen LogP contribution is -2.25. The van der Waals surface area contributed by atoms with Crippen LogP contribution in [0.5, 0.6) is 0 Å². The number of nitrogens with one attached hydrogen (secondary N) is 3. The van der Waals surface area contributed by atoms with Crippen molar-refractivity contribution in [1.29, 1.82) is 0 Å². The number of para-hydroxylation sites is 1. The van der Waals surface area contributed by atoms with Gasteiger partial charge in [0.1, 0.15) is 5.69 Å². The molecule has 0 aliphatic carbocycles. The first-order chi connectivity index (χ1) is 10.6. The number of fused-ring (bicyclic) bond motifs is 1. The van der Waals surface area contributed by atoms with E-state index in [0.29, 0.717) is 18.7 Å². The zero-order valence-electron chi connectivity index (χ0n) is 12.7. The van der Waals surface area contributed by atoms with Gasteiger partial charge in [0, 0.05) is 23.9 Å². The summed E-state index contributed by atoms with van der Waals surface area (Å²) in [5.74, 6) is -0.365. The number of H-pyrrole nitrogens is 1. The number of hydrogen-bond donors (Lipinski definition) is 3. The maximum atomic E-state index is 12.2. The highest BCUT2D eigenvalue weighted by Gasteiger charge is 2.13. The molecule has 1 aromatic heterocycles. The lowest BCUT2D eigenvalue weighted by Gasteiger charge is -2.04. The minimum absolute atomic E-state index is 0.0994. The van der Waals surface area contributed by atoms with Crippen molar-refractivity contribution in [2.75, 3.05) is 6.54 Å². The van der Waals surface area contributed by atoms with Gasteiger partial charge in [-0.05, 0) is 31.4 Å². The van der Waals surface area contributed by atoms with Gasteiger partial charge in [0.25, 0.3) is 11.8 Å². The van der Waals surface area contributed by atoms with Crippen LogP contribution in [0.1, 0.15) is 41.7 Å². The standard InChI is InChI=1S/C16H21N3O3/c1-11-12-7-4-5-8-13(12)18-15(11)16(21)17-10-6-2-3-9-14(20)19-22/h4-5,7-8,18,22H,2-3,6,9-10H2,1H3,(H,17,21)(H,19,20)/p+1. The van der Waals surface area contributed by atoms with Crippen LogP contribution in [-0.4, -0.2) is 28.6 Å². The Labute approximate surface area is 128 Å². The summed E-state index contributed by atoms with van der Waals surface area (Å²) in [4.78, 5) is 26.2. The van der Waals surface area contributed by atoms with Gasteiger partial charge in [-0.2, -0.15) is 0 Å². The van der Waals surface area contributed by atoms with Crippen molar-refractivity contribution in [3.63, 3.8) is 0 Å². The normalized spacial score (nSPS) is 10.6. The predicted molar refractivity (Wildman–Crippen MR) is 85.6 cm³/mol. The van der Waals surface area contributed by atoms with Gasteiger partial charge in [-0.25, -0.2) is 0 Å². The van der Waals surface area contributed by atoms with Crippen molar-refractivity contribution in [1.82, 2.24) is 15.8 Å². The lowest BCUT2D eigenvalue weighted by atomic mass is 10.1. The molecule has 0 radical (unpaired) electrons. The molecule has 0 spiro atoms. The molecule has 0 saturated carbocycles. The number of amides is 2. The van der Waals surface area contributed by atoms with E-state index in [9.17, 15) is 9.59 Å². The quantitative estimate of drug-likeness (QED) is 0.411. The monoisotopic (exact) mass is 304 g/mol. The van der Waals surface area contributed by atoms with Crippen LogP contribution in [0.25, 0.3) is 10.9 Å². The van der Waals surface area contributed by atoms with Gasteiger partial charge in [-0.3, -0.25) is 9.59 Å². The average Bonchev–Trinajstić information content (AvgIpc) is 2.87. The molecule has 6 nitrogen and oxygen atoms in total. The van der Waals surface area contributed by atoms with E-state index in [1.54, 1.807) is 0 Å². The molecule has 0 saturated heterocycles. The zero-order chi connectivity index (χ0) is 15.9. The molecule has 0 atom stereocenters. The fourth-order valence-corrected chi connectivity index (χ4v) is 2.45. The third kappa shape index (κ3) is 3.85. The number of hydroxylamine groups is 1. The average molecular weight is 304 g/mol. The number of rotatable bonds is 7. The lowest BCUT2D eigenvalue weighted by molar-refractivity contribution is -0.129. The summed E-state index contributed by atoms with van der Waals surface area (Å²) in [5, 5.41) is 10.6. The van der Waals surface area contributed by atoms with Crippen molar-refractivity contribution in [3.05, 3.63) is 35.5 Å². The highest BCUT2D eigenvalue weighted by molar-refractivity contribution is 6.00. The first-order valence-electron chi connectivity index (χ1n) is 7.44. The number of unbranched alkanes of at least 4 members (excludes halogenated alkanes) is 2. The van der Waals surface area contributed by atoms with Gasteiger partial charge in [0.15, 0.2) is 0 Å². The Hall–Kier alpha value is -2.34. The maximum absolute atomic E-state index is 12.2. The third-order valence-electron chi connectivity index (χ3n) is 3.70. The van der Waals surface area contributed by atoms with E-state index in [0.717, 1.165) is 35.7 Å². The smallest absolute Gasteiger partial charge is 0.283 e. The Bertz CT molecular complexity index is 664. The van der Waals surface area contributed by atoms with Crippen molar-refractivity contribution in [2.24, 2.45) is 0 Å². The summed E-state index contributed by atoms with van der Waals surface area (Å²) in [5.41, 5.74) is 4.38. The fraction of sp³-hybridized carbons (Fsp3) is 0.375. The Kier molecular flexibility index (Phi) is 5.55. The molecule has 1 aromatic carbocycles. The summed E-state index contributed by atoms with van der Waals surface area (Å²) in [6.07, 6.45) is 2.75. The van der Waals surface area contributed by atoms with Gasteiger partial charge < -0.3 is 15.5 Å². The van der Waals surface area contributed by atoms with E-state index >= 15 is 0 Å². The molecule has 0 aliphatic rings. The summed E-state index contributed by atoms with van der Waals surface area (Å²) in [6, 6.07) is 7.84. The van der Waals surface area contributed by atoms with Gasteiger partial charge in [-0.1, -0.05) is 24.6 Å². The second-order valence-corrected chi connectivity index (χ2v) is 5.29. The van der Waals surface area contributed by atoms with Crippen LogP contribution in [0.15, 0.2) is 24.3 Å². The van der Waals surface area contributed by atoms with Crippen LogP contribution in [0.4, 0.5) is 0 Å². The van der Waals surface area contributed by atoms with Crippen molar-refractivity contribution >= 4 is 22.7 Å². The summed E-state index contributed by atoms with van der Waals surface area (Å²) < 4.78 is 0. The first-order valence-corrected chi connectivity index (χ1v) is 7.44. The molecule has 2 aromatic rings. The van der Waals surface area contributed by atoms with E-state index in [1.165, 1.54) is 0 Å². The SMILES string of the molecule is Cc1c(C(=O)NCCCCCC(=O)N[OH2+])[nH]c2ccccc12. The maximum Gasteiger partial charge on any atom is 0.283 e. The number of hydrogen-bond acceptors (Lipinski definition) is 2. The van der Waals surface area contributed by atoms with Crippen LogP contribution in [-0.2, 0) is 4.79 Å². The molecular formula is C16H22N3O3+. The number of aromatic amines is 1. The molecule has 5 N–H and O–H groups in total. The van der Waals surface area contributed by atoms with E-state index in [4.69, 9.17) is 5.21 Å². The van der Waals surface area contributed by atoms with Crippen molar-refractivity contribution in [2.45, 2.75) is 32.6 Å². The highest BCUT2D eigenvalue weighted by atomic mass is 16.5. The largest absolute Gasteiger partial charge is 0.351 e. The molecule has 0 unspecified atom stereocenters. The minimum Gasteiger partial charge on any atom is -0.351 e. The molecule has 1 heterocycles. The van der Waals surface area contributed by atoms with Crippen molar-refractivity contribution in [3.8, 4) is 0 Å². The van der Waals surface area contributed by atoms with Crippen LogP contribution in [0.3, 0.4) is 0 Å². The van der Waals surface area contributed by atoms with Gasteiger partial charge >= 0.3 is 0 Å². The highest BCUT2D eigenvalue weighted by Crippen LogP contribution is 2.21. The molecule has 0 bridgehead atoms. The van der Waals surface area contributed by atoms with Crippen LogP contribution in [0.2, 0.25) is 0 Å². The van der Waals surface area contributed by atoms with Crippen LogP contribution < -0.4 is 10.8 Å². The number of benzene rings is 1. The molecule has 118 valence electrons. The van der Waals surface area contributed by atoms with E-state index in [-0.39, 0.29) is 11.8 Å². The molecule has 6 heteroatoms.